The fourth-order valence-corrected chi connectivity index (χ4v) is 1.55. The molecule has 0 aliphatic carbocycles. The second-order valence-electron chi connectivity index (χ2n) is 2.87. The molecular weight excluding hydrogens is 152 g/mol. The molecule has 0 saturated heterocycles. The predicted octanol–water partition coefficient (Wildman–Crippen LogP) is -0.291. The Morgan fingerprint density at radius 2 is 1.92 bits per heavy atom. The van der Waals surface area contributed by atoms with E-state index in [1.165, 1.54) is 0 Å². The summed E-state index contributed by atoms with van der Waals surface area (Å²) in [6.45, 7) is 0. The van der Waals surface area contributed by atoms with Crippen LogP contribution in [-0.4, -0.2) is 0 Å². The molecule has 0 amide bonds. The van der Waals surface area contributed by atoms with Gasteiger partial charge in [-0.05, 0) is 11.1 Å². The standard InChI is InChI=1S/C8H12N4/c9-7-5-3-1-2-4-6(5)8(11-7)12-10/h1-4,7-8,11-12H,9-10H2. The summed E-state index contributed by atoms with van der Waals surface area (Å²) in [6.07, 6.45) is -0.126. The summed E-state index contributed by atoms with van der Waals surface area (Å²) in [4.78, 5) is 0. The molecule has 12 heavy (non-hydrogen) atoms. The highest BCUT2D eigenvalue weighted by Crippen LogP contribution is 2.27. The first-order chi connectivity index (χ1) is 5.83. The number of hydrazine groups is 1. The van der Waals surface area contributed by atoms with Crippen molar-refractivity contribution in [3.63, 3.8) is 0 Å². The Balaban J connectivity index is 2.43. The molecule has 64 valence electrons. The van der Waals surface area contributed by atoms with E-state index >= 15 is 0 Å². The first kappa shape index (κ1) is 7.70. The minimum Gasteiger partial charge on any atom is -0.312 e. The van der Waals surface area contributed by atoms with Crippen LogP contribution in [-0.2, 0) is 0 Å². The van der Waals surface area contributed by atoms with Gasteiger partial charge in [0.1, 0.15) is 0 Å². The highest BCUT2D eigenvalue weighted by atomic mass is 15.3. The molecule has 4 heteroatoms. The number of fused-ring (bicyclic) bond motifs is 1. The fourth-order valence-electron chi connectivity index (χ4n) is 1.55. The van der Waals surface area contributed by atoms with Gasteiger partial charge in [-0.25, -0.2) is 5.43 Å². The third-order valence-corrected chi connectivity index (χ3v) is 2.15. The van der Waals surface area contributed by atoms with Crippen molar-refractivity contribution in [3.05, 3.63) is 35.4 Å². The smallest absolute Gasteiger partial charge is 0.0979 e. The number of rotatable bonds is 1. The Hall–Kier alpha value is -0.940. The molecule has 0 saturated carbocycles. The fraction of sp³-hybridized carbons (Fsp3) is 0.250. The van der Waals surface area contributed by atoms with Crippen LogP contribution in [0.3, 0.4) is 0 Å². The van der Waals surface area contributed by atoms with E-state index in [-0.39, 0.29) is 12.3 Å². The Bertz CT molecular complexity index is 286. The Morgan fingerprint density at radius 3 is 2.58 bits per heavy atom. The van der Waals surface area contributed by atoms with Crippen molar-refractivity contribution in [3.8, 4) is 0 Å². The van der Waals surface area contributed by atoms with E-state index in [0.717, 1.165) is 11.1 Å². The van der Waals surface area contributed by atoms with Gasteiger partial charge >= 0.3 is 0 Å². The van der Waals surface area contributed by atoms with Crippen LogP contribution in [0.5, 0.6) is 0 Å². The third kappa shape index (κ3) is 1.02. The van der Waals surface area contributed by atoms with Crippen molar-refractivity contribution in [1.82, 2.24) is 10.7 Å². The number of hydrogen-bond donors (Lipinski definition) is 4. The van der Waals surface area contributed by atoms with E-state index in [4.69, 9.17) is 11.6 Å². The zero-order chi connectivity index (χ0) is 8.55. The quantitative estimate of drug-likeness (QED) is 0.340. The summed E-state index contributed by atoms with van der Waals surface area (Å²) in [5.74, 6) is 5.34. The van der Waals surface area contributed by atoms with Crippen LogP contribution in [0.15, 0.2) is 24.3 Å². The van der Waals surface area contributed by atoms with E-state index in [1.807, 2.05) is 24.3 Å². The highest BCUT2D eigenvalue weighted by Gasteiger charge is 2.25. The van der Waals surface area contributed by atoms with Gasteiger partial charge < -0.3 is 5.73 Å². The van der Waals surface area contributed by atoms with Gasteiger partial charge in [-0.3, -0.25) is 11.2 Å². The van der Waals surface area contributed by atoms with Crippen molar-refractivity contribution >= 4 is 0 Å². The van der Waals surface area contributed by atoms with Crippen LogP contribution >= 0.6 is 0 Å². The van der Waals surface area contributed by atoms with Crippen molar-refractivity contribution < 1.29 is 0 Å². The largest absolute Gasteiger partial charge is 0.312 e. The van der Waals surface area contributed by atoms with Gasteiger partial charge in [0.15, 0.2) is 0 Å². The summed E-state index contributed by atoms with van der Waals surface area (Å²) < 4.78 is 0. The lowest BCUT2D eigenvalue weighted by molar-refractivity contribution is 0.438. The number of hydrogen-bond acceptors (Lipinski definition) is 4. The maximum Gasteiger partial charge on any atom is 0.0979 e. The van der Waals surface area contributed by atoms with Gasteiger partial charge in [0.2, 0.25) is 0 Å². The molecule has 2 unspecified atom stereocenters. The third-order valence-electron chi connectivity index (χ3n) is 2.15. The van der Waals surface area contributed by atoms with Crippen LogP contribution in [0, 0.1) is 0 Å². The van der Waals surface area contributed by atoms with E-state index in [1.54, 1.807) is 0 Å². The minimum atomic E-state index is -0.109. The molecular formula is C8H12N4. The predicted molar refractivity (Wildman–Crippen MR) is 46.6 cm³/mol. The zero-order valence-electron chi connectivity index (χ0n) is 6.62. The van der Waals surface area contributed by atoms with Gasteiger partial charge in [0.05, 0.1) is 12.3 Å². The van der Waals surface area contributed by atoms with Gasteiger partial charge in [-0.1, -0.05) is 24.3 Å². The summed E-state index contributed by atoms with van der Waals surface area (Å²) in [7, 11) is 0. The van der Waals surface area contributed by atoms with Crippen LogP contribution in [0.4, 0.5) is 0 Å². The lowest BCUT2D eigenvalue weighted by atomic mass is 10.1. The van der Waals surface area contributed by atoms with Crippen LogP contribution in [0.25, 0.3) is 0 Å². The van der Waals surface area contributed by atoms with Crippen molar-refractivity contribution in [1.29, 1.82) is 0 Å². The molecule has 2 rings (SSSR count). The molecule has 0 fully saturated rings. The molecule has 0 aromatic heterocycles. The second-order valence-corrected chi connectivity index (χ2v) is 2.87. The Morgan fingerprint density at radius 1 is 1.25 bits per heavy atom. The van der Waals surface area contributed by atoms with E-state index < -0.39 is 0 Å². The molecule has 2 atom stereocenters. The average Bonchev–Trinajstić information content (AvgIpc) is 2.44. The van der Waals surface area contributed by atoms with Gasteiger partial charge in [-0.15, -0.1) is 0 Å². The summed E-state index contributed by atoms with van der Waals surface area (Å²) in [6, 6.07) is 7.96. The monoisotopic (exact) mass is 164 g/mol. The molecule has 4 nitrogen and oxygen atoms in total. The molecule has 0 spiro atoms. The summed E-state index contributed by atoms with van der Waals surface area (Å²) in [5, 5.41) is 3.11. The van der Waals surface area contributed by atoms with Crippen LogP contribution in [0.1, 0.15) is 23.5 Å². The van der Waals surface area contributed by atoms with Gasteiger partial charge in [0, 0.05) is 0 Å². The first-order valence-electron chi connectivity index (χ1n) is 3.89. The molecule has 0 radical (unpaired) electrons. The van der Waals surface area contributed by atoms with Crippen LogP contribution < -0.4 is 22.3 Å². The van der Waals surface area contributed by atoms with E-state index in [2.05, 4.69) is 10.7 Å². The molecule has 1 aromatic carbocycles. The minimum absolute atomic E-state index is 0.0174. The number of benzene rings is 1. The topological polar surface area (TPSA) is 76.1 Å². The second kappa shape index (κ2) is 2.84. The Labute approximate surface area is 70.9 Å². The average molecular weight is 164 g/mol. The van der Waals surface area contributed by atoms with Crippen molar-refractivity contribution in [2.45, 2.75) is 12.3 Å². The summed E-state index contributed by atoms with van der Waals surface area (Å²) >= 11 is 0. The molecule has 1 aliphatic heterocycles. The van der Waals surface area contributed by atoms with E-state index in [0.29, 0.717) is 0 Å². The first-order valence-corrected chi connectivity index (χ1v) is 3.89. The normalized spacial score (nSPS) is 27.2. The number of nitrogens with one attached hydrogen (secondary N) is 2. The van der Waals surface area contributed by atoms with Crippen LogP contribution in [0.2, 0.25) is 0 Å². The van der Waals surface area contributed by atoms with Crippen molar-refractivity contribution in [2.24, 2.45) is 11.6 Å². The maximum atomic E-state index is 5.81. The SMILES string of the molecule is NNC1NC(N)c2ccccc21. The van der Waals surface area contributed by atoms with Gasteiger partial charge in [-0.2, -0.15) is 0 Å². The molecule has 1 aliphatic rings. The lowest BCUT2D eigenvalue weighted by Gasteiger charge is -2.09. The number of nitrogens with two attached hydrogens (primary N) is 2. The molecule has 0 bridgehead atoms. The molecule has 6 N–H and O–H groups in total. The molecule has 1 heterocycles. The maximum absolute atomic E-state index is 5.81. The lowest BCUT2D eigenvalue weighted by Crippen LogP contribution is -2.37. The summed E-state index contributed by atoms with van der Waals surface area (Å²) in [5.41, 5.74) is 10.7. The molecule has 1 aromatic rings. The highest BCUT2D eigenvalue weighted by molar-refractivity contribution is 5.35. The Kier molecular flexibility index (Phi) is 1.82. The zero-order valence-corrected chi connectivity index (χ0v) is 6.62. The van der Waals surface area contributed by atoms with E-state index in [9.17, 15) is 0 Å². The van der Waals surface area contributed by atoms with Gasteiger partial charge in [0.25, 0.3) is 0 Å². The van der Waals surface area contributed by atoms with Crippen molar-refractivity contribution in [2.75, 3.05) is 0 Å².